The van der Waals surface area contributed by atoms with Gasteiger partial charge in [0.05, 0.1) is 6.26 Å². The summed E-state index contributed by atoms with van der Waals surface area (Å²) in [7, 11) is 0. The number of furan rings is 1. The minimum absolute atomic E-state index is 0.460. The smallest absolute Gasteiger partial charge is 0.135 e. The summed E-state index contributed by atoms with van der Waals surface area (Å²) in [5.74, 6) is 0.615. The molecule has 0 aliphatic carbocycles. The van der Waals surface area contributed by atoms with Crippen LogP contribution in [0.5, 0.6) is 0 Å². The molecule has 1 N–H and O–H groups in total. The van der Waals surface area contributed by atoms with E-state index in [1.807, 2.05) is 25.1 Å². The molecule has 0 saturated carbocycles. The molecule has 2 aromatic heterocycles. The highest BCUT2D eigenvalue weighted by Crippen LogP contribution is 2.22. The van der Waals surface area contributed by atoms with Gasteiger partial charge in [-0.05, 0) is 46.6 Å². The summed E-state index contributed by atoms with van der Waals surface area (Å²) in [4.78, 5) is 4.21. The van der Waals surface area contributed by atoms with Crippen LogP contribution in [0.15, 0.2) is 39.5 Å². The van der Waals surface area contributed by atoms with Gasteiger partial charge in [-0.1, -0.05) is 0 Å². The van der Waals surface area contributed by atoms with Crippen LogP contribution in [-0.2, 0) is 6.42 Å². The molecule has 1 unspecified atom stereocenters. The van der Waals surface area contributed by atoms with E-state index in [1.54, 1.807) is 12.5 Å². The summed E-state index contributed by atoms with van der Waals surface area (Å²) in [5.41, 5.74) is 1.80. The molecule has 2 aromatic rings. The Labute approximate surface area is 102 Å². The Balaban J connectivity index is 2.10. The summed E-state index contributed by atoms with van der Waals surface area (Å²) >= 11 is 3.32. The van der Waals surface area contributed by atoms with Crippen molar-refractivity contribution in [2.24, 2.45) is 0 Å². The minimum Gasteiger partial charge on any atom is -0.466 e. The maximum absolute atomic E-state index is 9.97. The Hall–Kier alpha value is -1.13. The predicted molar refractivity (Wildman–Crippen MR) is 64.0 cm³/mol. The molecule has 84 valence electrons. The molecule has 1 atom stereocenters. The molecule has 16 heavy (non-hydrogen) atoms. The number of aromatic nitrogens is 1. The van der Waals surface area contributed by atoms with Gasteiger partial charge in [-0.3, -0.25) is 4.98 Å². The fourth-order valence-corrected chi connectivity index (χ4v) is 1.78. The number of pyridine rings is 1. The van der Waals surface area contributed by atoms with Crippen LogP contribution in [0.1, 0.15) is 23.1 Å². The van der Waals surface area contributed by atoms with E-state index < -0.39 is 6.10 Å². The van der Waals surface area contributed by atoms with Crippen LogP contribution in [0, 0.1) is 6.92 Å². The zero-order valence-electron chi connectivity index (χ0n) is 8.85. The number of aliphatic hydroxyl groups excluding tert-OH is 1. The van der Waals surface area contributed by atoms with Crippen LogP contribution >= 0.6 is 15.9 Å². The highest BCUT2D eigenvalue weighted by molar-refractivity contribution is 9.10. The van der Waals surface area contributed by atoms with Gasteiger partial charge in [-0.2, -0.15) is 0 Å². The Morgan fingerprint density at radius 3 is 2.81 bits per heavy atom. The van der Waals surface area contributed by atoms with E-state index in [0.29, 0.717) is 12.2 Å². The summed E-state index contributed by atoms with van der Waals surface area (Å²) in [5, 5.41) is 9.97. The van der Waals surface area contributed by atoms with E-state index in [4.69, 9.17) is 4.42 Å². The van der Waals surface area contributed by atoms with Gasteiger partial charge in [0.15, 0.2) is 0 Å². The van der Waals surface area contributed by atoms with E-state index in [2.05, 4.69) is 20.9 Å². The van der Waals surface area contributed by atoms with Crippen molar-refractivity contribution in [3.05, 3.63) is 52.1 Å². The molecule has 2 heterocycles. The zero-order valence-corrected chi connectivity index (χ0v) is 10.4. The molecule has 2 rings (SSSR count). The molecule has 4 heteroatoms. The van der Waals surface area contributed by atoms with E-state index in [0.717, 1.165) is 15.7 Å². The lowest BCUT2D eigenvalue weighted by atomic mass is 10.1. The van der Waals surface area contributed by atoms with Gasteiger partial charge in [0.1, 0.15) is 11.9 Å². The monoisotopic (exact) mass is 281 g/mol. The van der Waals surface area contributed by atoms with Crippen LogP contribution in [0.3, 0.4) is 0 Å². The van der Waals surface area contributed by atoms with E-state index in [1.165, 1.54) is 0 Å². The SMILES string of the molecule is Cc1ccoc1C(O)Cc1ccc(Br)cn1. The Bertz CT molecular complexity index is 464. The molecular weight excluding hydrogens is 270 g/mol. The number of aryl methyl sites for hydroxylation is 1. The first-order valence-electron chi connectivity index (χ1n) is 4.99. The molecular formula is C12H12BrNO2. The number of hydrogen-bond acceptors (Lipinski definition) is 3. The summed E-state index contributed by atoms with van der Waals surface area (Å²) in [6.45, 7) is 1.91. The van der Waals surface area contributed by atoms with Gasteiger partial charge >= 0.3 is 0 Å². The zero-order chi connectivity index (χ0) is 11.5. The number of halogens is 1. The average Bonchev–Trinajstić information content (AvgIpc) is 2.68. The maximum Gasteiger partial charge on any atom is 0.135 e. The third-order valence-corrected chi connectivity index (χ3v) is 2.86. The van der Waals surface area contributed by atoms with Crippen molar-refractivity contribution < 1.29 is 9.52 Å². The quantitative estimate of drug-likeness (QED) is 0.941. The average molecular weight is 282 g/mol. The Morgan fingerprint density at radius 2 is 2.25 bits per heavy atom. The second-order valence-corrected chi connectivity index (χ2v) is 4.57. The van der Waals surface area contributed by atoms with Crippen LogP contribution in [-0.4, -0.2) is 10.1 Å². The standard InChI is InChI=1S/C12H12BrNO2/c1-8-4-5-16-12(8)11(15)6-10-3-2-9(13)7-14-10/h2-5,7,11,15H,6H2,1H3. The number of rotatable bonds is 3. The molecule has 0 bridgehead atoms. The lowest BCUT2D eigenvalue weighted by Crippen LogP contribution is -2.03. The second-order valence-electron chi connectivity index (χ2n) is 3.66. The number of nitrogens with zero attached hydrogens (tertiary/aromatic N) is 1. The van der Waals surface area contributed by atoms with Gasteiger partial charge < -0.3 is 9.52 Å². The number of aliphatic hydroxyl groups is 1. The fourth-order valence-electron chi connectivity index (χ4n) is 1.54. The van der Waals surface area contributed by atoms with Crippen molar-refractivity contribution >= 4 is 15.9 Å². The predicted octanol–water partition coefficient (Wildman–Crippen LogP) is 3.02. The Kier molecular flexibility index (Phi) is 3.41. The van der Waals surface area contributed by atoms with E-state index >= 15 is 0 Å². The first-order chi connectivity index (χ1) is 7.66. The molecule has 0 aromatic carbocycles. The van der Waals surface area contributed by atoms with Crippen molar-refractivity contribution in [3.8, 4) is 0 Å². The fraction of sp³-hybridized carbons (Fsp3) is 0.250. The molecule has 0 saturated heterocycles. The lowest BCUT2D eigenvalue weighted by molar-refractivity contribution is 0.148. The highest BCUT2D eigenvalue weighted by atomic mass is 79.9. The molecule has 0 aliphatic heterocycles. The van der Waals surface area contributed by atoms with Crippen LogP contribution < -0.4 is 0 Å². The molecule has 3 nitrogen and oxygen atoms in total. The van der Waals surface area contributed by atoms with E-state index in [-0.39, 0.29) is 0 Å². The molecule has 0 fully saturated rings. The molecule has 0 radical (unpaired) electrons. The van der Waals surface area contributed by atoms with Crippen LogP contribution in [0.4, 0.5) is 0 Å². The van der Waals surface area contributed by atoms with Crippen molar-refractivity contribution in [1.29, 1.82) is 0 Å². The van der Waals surface area contributed by atoms with Gasteiger partial charge in [-0.25, -0.2) is 0 Å². The first-order valence-corrected chi connectivity index (χ1v) is 5.78. The maximum atomic E-state index is 9.97. The third-order valence-electron chi connectivity index (χ3n) is 2.40. The van der Waals surface area contributed by atoms with Gasteiger partial charge in [0, 0.05) is 22.8 Å². The molecule has 0 amide bonds. The summed E-state index contributed by atoms with van der Waals surface area (Å²) < 4.78 is 6.17. The lowest BCUT2D eigenvalue weighted by Gasteiger charge is -2.08. The Morgan fingerprint density at radius 1 is 1.44 bits per heavy atom. The molecule has 0 spiro atoms. The topological polar surface area (TPSA) is 46.3 Å². The largest absolute Gasteiger partial charge is 0.466 e. The normalized spacial score (nSPS) is 12.7. The van der Waals surface area contributed by atoms with Crippen molar-refractivity contribution in [3.63, 3.8) is 0 Å². The second kappa shape index (κ2) is 4.80. The summed E-state index contributed by atoms with van der Waals surface area (Å²) in [6, 6.07) is 5.63. The summed E-state index contributed by atoms with van der Waals surface area (Å²) in [6.07, 6.45) is 3.13. The van der Waals surface area contributed by atoms with Crippen molar-refractivity contribution in [2.45, 2.75) is 19.4 Å². The van der Waals surface area contributed by atoms with Gasteiger partial charge in [-0.15, -0.1) is 0 Å². The van der Waals surface area contributed by atoms with Crippen LogP contribution in [0.25, 0.3) is 0 Å². The highest BCUT2D eigenvalue weighted by Gasteiger charge is 2.14. The molecule has 0 aliphatic rings. The third kappa shape index (κ3) is 2.51. The minimum atomic E-state index is -0.635. The van der Waals surface area contributed by atoms with Gasteiger partial charge in [0.2, 0.25) is 0 Å². The van der Waals surface area contributed by atoms with Crippen molar-refractivity contribution in [2.75, 3.05) is 0 Å². The van der Waals surface area contributed by atoms with Crippen molar-refractivity contribution in [1.82, 2.24) is 4.98 Å². The first kappa shape index (κ1) is 11.4. The van der Waals surface area contributed by atoms with E-state index in [9.17, 15) is 5.11 Å². The van der Waals surface area contributed by atoms with Gasteiger partial charge in [0.25, 0.3) is 0 Å². The van der Waals surface area contributed by atoms with Crippen LogP contribution in [0.2, 0.25) is 0 Å². The number of hydrogen-bond donors (Lipinski definition) is 1.